The molecule has 4 heterocycles. The number of rotatable bonds is 9. The Bertz CT molecular complexity index is 2170. The third kappa shape index (κ3) is 9.55. The molecule has 282 valence electrons. The molecule has 5 aromatic rings. The van der Waals surface area contributed by atoms with Crippen LogP contribution in [0.3, 0.4) is 0 Å². The maximum Gasteiger partial charge on any atom is 0.438 e. The van der Waals surface area contributed by atoms with E-state index in [0.29, 0.717) is 31.3 Å². The average molecular weight is 759 g/mol. The Balaban J connectivity index is 1.38. The van der Waals surface area contributed by atoms with E-state index in [1.807, 2.05) is 49.4 Å². The van der Waals surface area contributed by atoms with Crippen molar-refractivity contribution in [1.82, 2.24) is 20.1 Å². The van der Waals surface area contributed by atoms with Crippen LogP contribution in [0.25, 0.3) is 21.7 Å². The van der Waals surface area contributed by atoms with Gasteiger partial charge in [-0.05, 0) is 72.9 Å². The first-order chi connectivity index (χ1) is 25.3. The summed E-state index contributed by atoms with van der Waals surface area (Å²) in [6, 6.07) is 21.3. The maximum absolute atomic E-state index is 14.1. The standard InChI is InChI=1S/C40H50N6O5S2/c1-6-22-40(5,36-43-38(47)51-44-36)27-46-24-12-8-7-9-15-28-16-10-11-19-31(28)34-35(29-17-13-18-30(26-29)50-25-23-39(2,3)4)52-37(42-34)45-53(48,49)33-21-14-20-32(46)41-33/h10-11,13-14,16-21,26H,6-9,12,15,22-25,27H2,1-5H3,(H,42,45)(H,43,44,47)/t40-/m1/s1. The monoisotopic (exact) mass is 758 g/mol. The van der Waals surface area contributed by atoms with Crippen molar-refractivity contribution in [3.63, 3.8) is 0 Å². The van der Waals surface area contributed by atoms with Gasteiger partial charge in [0.2, 0.25) is 0 Å². The summed E-state index contributed by atoms with van der Waals surface area (Å²) in [6.45, 7) is 12.4. The highest BCUT2D eigenvalue weighted by atomic mass is 32.2. The van der Waals surface area contributed by atoms with E-state index in [2.05, 4.69) is 59.6 Å². The van der Waals surface area contributed by atoms with Gasteiger partial charge in [-0.2, -0.15) is 8.42 Å². The first-order valence-electron chi connectivity index (χ1n) is 18.5. The van der Waals surface area contributed by atoms with Gasteiger partial charge in [0.25, 0.3) is 10.0 Å². The summed E-state index contributed by atoms with van der Waals surface area (Å²) in [6.07, 6.45) is 7.23. The van der Waals surface area contributed by atoms with E-state index in [1.165, 1.54) is 23.0 Å². The number of aromatic nitrogens is 4. The summed E-state index contributed by atoms with van der Waals surface area (Å²) < 4.78 is 42.0. The number of hydrogen-bond acceptors (Lipinski definition) is 10. The maximum atomic E-state index is 14.1. The van der Waals surface area contributed by atoms with Crippen LogP contribution < -0.4 is 20.1 Å². The number of aromatic amines is 1. The lowest BCUT2D eigenvalue weighted by Gasteiger charge is -2.34. The fraction of sp³-hybridized carbons (Fsp3) is 0.450. The molecule has 53 heavy (non-hydrogen) atoms. The summed E-state index contributed by atoms with van der Waals surface area (Å²) in [7, 11) is -4.14. The Morgan fingerprint density at radius 2 is 1.74 bits per heavy atom. The van der Waals surface area contributed by atoms with Gasteiger partial charge in [-0.15, -0.1) is 0 Å². The van der Waals surface area contributed by atoms with Crippen LogP contribution in [-0.2, 0) is 21.9 Å². The van der Waals surface area contributed by atoms with Crippen molar-refractivity contribution in [2.75, 3.05) is 29.3 Å². The summed E-state index contributed by atoms with van der Waals surface area (Å²) in [4.78, 5) is 27.3. The molecule has 6 rings (SSSR count). The van der Waals surface area contributed by atoms with E-state index in [1.54, 1.807) is 6.07 Å². The lowest BCUT2D eigenvalue weighted by atomic mass is 9.84. The second kappa shape index (κ2) is 16.3. The number of H-pyrrole nitrogens is 1. The van der Waals surface area contributed by atoms with Crippen LogP contribution in [0, 0.1) is 5.41 Å². The number of pyridine rings is 1. The first kappa shape index (κ1) is 38.2. The number of nitrogens with one attached hydrogen (secondary N) is 2. The van der Waals surface area contributed by atoms with E-state index in [4.69, 9.17) is 19.2 Å². The van der Waals surface area contributed by atoms with Crippen molar-refractivity contribution in [2.45, 2.75) is 96.4 Å². The summed E-state index contributed by atoms with van der Waals surface area (Å²) in [5.74, 6) is 1.15. The van der Waals surface area contributed by atoms with E-state index in [0.717, 1.165) is 78.8 Å². The Kier molecular flexibility index (Phi) is 11.7. The van der Waals surface area contributed by atoms with Crippen molar-refractivity contribution >= 4 is 32.3 Å². The molecular weight excluding hydrogens is 709 g/mol. The molecule has 2 N–H and O–H groups in total. The van der Waals surface area contributed by atoms with Gasteiger partial charge >= 0.3 is 5.76 Å². The molecule has 3 aromatic heterocycles. The minimum Gasteiger partial charge on any atom is -0.494 e. The van der Waals surface area contributed by atoms with Crippen LogP contribution in [0.15, 0.2) is 81.1 Å². The van der Waals surface area contributed by atoms with Gasteiger partial charge < -0.3 is 9.64 Å². The molecule has 2 aromatic carbocycles. The molecule has 0 amide bonds. The SMILES string of the molecule is CCC[C@](C)(CN1CCCCCCc2ccccc2-c2nc(sc2-c2cccc(OCCC(C)(C)C)c2)NS(=O)(=O)c2cccc1n2)c1noc(=O)[nH]1. The van der Waals surface area contributed by atoms with Crippen LogP contribution in [0.1, 0.15) is 91.0 Å². The normalized spacial score (nSPS) is 16.2. The van der Waals surface area contributed by atoms with Crippen LogP contribution in [0.4, 0.5) is 10.9 Å². The van der Waals surface area contributed by atoms with Gasteiger partial charge in [-0.3, -0.25) is 14.2 Å². The Morgan fingerprint density at radius 1 is 0.943 bits per heavy atom. The molecule has 11 nitrogen and oxygen atoms in total. The Morgan fingerprint density at radius 3 is 2.51 bits per heavy atom. The van der Waals surface area contributed by atoms with E-state index >= 15 is 0 Å². The zero-order valence-electron chi connectivity index (χ0n) is 31.3. The van der Waals surface area contributed by atoms with Crippen LogP contribution in [-0.4, -0.2) is 48.2 Å². The summed E-state index contributed by atoms with van der Waals surface area (Å²) in [5.41, 5.74) is 3.37. The molecule has 4 bridgehead atoms. The molecular formula is C40H50N6O5S2. The lowest BCUT2D eigenvalue weighted by Crippen LogP contribution is -2.41. The predicted octanol–water partition coefficient (Wildman–Crippen LogP) is 8.85. The van der Waals surface area contributed by atoms with Crippen LogP contribution in [0.2, 0.25) is 0 Å². The molecule has 1 atom stereocenters. The van der Waals surface area contributed by atoms with E-state index < -0.39 is 21.2 Å². The highest BCUT2D eigenvalue weighted by Gasteiger charge is 2.34. The van der Waals surface area contributed by atoms with Crippen molar-refractivity contribution < 1.29 is 17.7 Å². The van der Waals surface area contributed by atoms with E-state index in [9.17, 15) is 13.2 Å². The number of anilines is 2. The Labute approximate surface area is 316 Å². The fourth-order valence-corrected chi connectivity index (χ4v) is 8.97. The highest BCUT2D eigenvalue weighted by Crippen LogP contribution is 2.42. The smallest absolute Gasteiger partial charge is 0.438 e. The number of sulfonamides is 1. The zero-order chi connectivity index (χ0) is 37.6. The first-order valence-corrected chi connectivity index (χ1v) is 20.8. The topological polar surface area (TPSA) is 143 Å². The minimum atomic E-state index is -4.14. The van der Waals surface area contributed by atoms with Gasteiger partial charge in [0.05, 0.1) is 17.2 Å². The van der Waals surface area contributed by atoms with Crippen molar-refractivity contribution in [3.8, 4) is 27.4 Å². The molecule has 1 aliphatic rings. The number of aryl methyl sites for hydroxylation is 1. The molecule has 1 aliphatic heterocycles. The quantitative estimate of drug-likeness (QED) is 0.151. The predicted molar refractivity (Wildman–Crippen MR) is 211 cm³/mol. The van der Waals surface area contributed by atoms with Crippen molar-refractivity contribution in [1.29, 1.82) is 0 Å². The molecule has 0 fully saturated rings. The molecule has 0 aliphatic carbocycles. The third-order valence-corrected chi connectivity index (χ3v) is 12.0. The van der Waals surface area contributed by atoms with Gasteiger partial charge in [0, 0.05) is 24.1 Å². The molecule has 0 unspecified atom stereocenters. The molecule has 0 radical (unpaired) electrons. The fourth-order valence-electron chi connectivity index (χ4n) is 6.79. The number of hydrogen-bond donors (Lipinski definition) is 2. The second-order valence-electron chi connectivity index (χ2n) is 15.3. The summed E-state index contributed by atoms with van der Waals surface area (Å²) >= 11 is 1.30. The van der Waals surface area contributed by atoms with Crippen LogP contribution >= 0.6 is 11.3 Å². The molecule has 0 saturated heterocycles. The lowest BCUT2D eigenvalue weighted by molar-refractivity contribution is 0.243. The Hall–Kier alpha value is -4.49. The second-order valence-corrected chi connectivity index (χ2v) is 17.9. The third-order valence-electron chi connectivity index (χ3n) is 9.62. The number of ether oxygens (including phenoxy) is 1. The molecule has 0 saturated carbocycles. The average Bonchev–Trinajstić information content (AvgIpc) is 3.75. The molecule has 13 heteroatoms. The summed E-state index contributed by atoms with van der Waals surface area (Å²) in [5, 5.41) is 4.20. The highest BCUT2D eigenvalue weighted by molar-refractivity contribution is 7.92. The number of fused-ring (bicyclic) bond motifs is 6. The number of benzene rings is 2. The number of nitrogens with zero attached hydrogens (tertiary/aromatic N) is 4. The van der Waals surface area contributed by atoms with Crippen molar-refractivity contribution in [2.24, 2.45) is 5.41 Å². The largest absolute Gasteiger partial charge is 0.494 e. The molecule has 0 spiro atoms. The van der Waals surface area contributed by atoms with Gasteiger partial charge in [-0.25, -0.2) is 14.8 Å². The minimum absolute atomic E-state index is 0.107. The van der Waals surface area contributed by atoms with Crippen molar-refractivity contribution in [3.05, 3.63) is 88.7 Å². The van der Waals surface area contributed by atoms with Gasteiger partial charge in [0.15, 0.2) is 16.0 Å². The van der Waals surface area contributed by atoms with Crippen LogP contribution in [0.5, 0.6) is 5.75 Å². The van der Waals surface area contributed by atoms with E-state index in [-0.39, 0.29) is 15.6 Å². The van der Waals surface area contributed by atoms with Gasteiger partial charge in [-0.1, -0.05) is 113 Å². The number of thiazole rings is 1. The zero-order valence-corrected chi connectivity index (χ0v) is 32.9. The van der Waals surface area contributed by atoms with Gasteiger partial charge in [0.1, 0.15) is 11.6 Å².